The molecule has 3 aromatic rings. The van der Waals surface area contributed by atoms with E-state index < -0.39 is 0 Å². The first-order valence-corrected chi connectivity index (χ1v) is 11.7. The molecule has 1 aromatic carbocycles. The van der Waals surface area contributed by atoms with Crippen molar-refractivity contribution < 1.29 is 14.3 Å². The first kappa shape index (κ1) is 23.5. The number of aromatic nitrogens is 3. The van der Waals surface area contributed by atoms with Gasteiger partial charge in [-0.15, -0.1) is 5.10 Å². The number of ether oxygens (including phenoxy) is 1. The summed E-state index contributed by atoms with van der Waals surface area (Å²) in [5.41, 5.74) is 5.42. The maximum atomic E-state index is 12.6. The first-order valence-electron chi connectivity index (χ1n) is 11.7. The number of aryl methyl sites for hydroxylation is 3. The second-order valence-electron chi connectivity index (χ2n) is 8.73. The number of benzene rings is 1. The number of rotatable bonds is 7. The topological polar surface area (TPSA) is 101 Å². The van der Waals surface area contributed by atoms with Crippen LogP contribution in [0.1, 0.15) is 41.6 Å². The number of urea groups is 1. The summed E-state index contributed by atoms with van der Waals surface area (Å²) in [5.74, 6) is 0.508. The van der Waals surface area contributed by atoms with E-state index in [1.54, 1.807) is 11.8 Å². The zero-order valence-electron chi connectivity index (χ0n) is 20.3. The van der Waals surface area contributed by atoms with Crippen molar-refractivity contribution >= 4 is 28.7 Å². The molecule has 34 heavy (non-hydrogen) atoms. The number of fused-ring (bicyclic) bond motifs is 1. The summed E-state index contributed by atoms with van der Waals surface area (Å²) >= 11 is 0. The number of amides is 3. The van der Waals surface area contributed by atoms with Gasteiger partial charge in [-0.05, 0) is 61.9 Å². The van der Waals surface area contributed by atoms with Crippen LogP contribution in [0.2, 0.25) is 0 Å². The molecule has 1 fully saturated rings. The lowest BCUT2D eigenvalue weighted by Crippen LogP contribution is -2.32. The smallest absolute Gasteiger partial charge is 0.321 e. The van der Waals surface area contributed by atoms with Crippen molar-refractivity contribution in [1.29, 1.82) is 0 Å². The lowest BCUT2D eigenvalue weighted by atomic mass is 10.00. The molecule has 1 aliphatic rings. The average Bonchev–Trinajstić information content (AvgIpc) is 3.46. The average molecular weight is 465 g/mol. The molecule has 0 aliphatic carbocycles. The Morgan fingerprint density at radius 1 is 1.18 bits per heavy atom. The molecule has 4 rings (SSSR count). The van der Waals surface area contributed by atoms with Gasteiger partial charge in [0.1, 0.15) is 0 Å². The van der Waals surface area contributed by atoms with E-state index in [1.165, 1.54) is 0 Å². The van der Waals surface area contributed by atoms with Crippen molar-refractivity contribution in [2.75, 3.05) is 25.5 Å². The Morgan fingerprint density at radius 3 is 2.68 bits per heavy atom. The molecule has 0 radical (unpaired) electrons. The highest BCUT2D eigenvalue weighted by Crippen LogP contribution is 2.30. The predicted molar refractivity (Wildman–Crippen MR) is 131 cm³/mol. The summed E-state index contributed by atoms with van der Waals surface area (Å²) in [6.07, 6.45) is 3.04. The van der Waals surface area contributed by atoms with Crippen LogP contribution in [0.25, 0.3) is 11.0 Å². The summed E-state index contributed by atoms with van der Waals surface area (Å²) in [4.78, 5) is 31.4. The van der Waals surface area contributed by atoms with Gasteiger partial charge in [-0.25, -0.2) is 14.5 Å². The zero-order chi connectivity index (χ0) is 24.2. The predicted octanol–water partition coefficient (Wildman–Crippen LogP) is 3.47. The number of anilines is 1. The highest BCUT2D eigenvalue weighted by atomic mass is 16.5. The van der Waals surface area contributed by atoms with Gasteiger partial charge in [-0.1, -0.05) is 12.1 Å². The number of likely N-dealkylation sites (tertiary alicyclic amines) is 1. The Hall–Kier alpha value is -3.62. The fourth-order valence-electron chi connectivity index (χ4n) is 4.52. The van der Waals surface area contributed by atoms with Crippen molar-refractivity contribution in [3.8, 4) is 5.88 Å². The molecule has 3 heterocycles. The largest absolute Gasteiger partial charge is 0.479 e. The summed E-state index contributed by atoms with van der Waals surface area (Å²) in [7, 11) is 3.44. The van der Waals surface area contributed by atoms with Crippen LogP contribution in [-0.4, -0.2) is 51.8 Å². The minimum atomic E-state index is -0.0692. The van der Waals surface area contributed by atoms with E-state index in [-0.39, 0.29) is 11.9 Å². The third kappa shape index (κ3) is 4.98. The standard InChI is InChI=1S/C25H32N6O3/c1-16-20(17(2)27-23-22(16)24(34-4)29-30(23)3)10-11-21(32)26-15-18-8-7-9-19(14-18)28-25(33)31-12-5-6-13-31/h7-9,14H,5-6,10-13,15H2,1-4H3,(H,26,32)(H,28,33). The van der Waals surface area contributed by atoms with Crippen molar-refractivity contribution in [3.05, 3.63) is 46.6 Å². The number of nitrogens with one attached hydrogen (secondary N) is 2. The van der Waals surface area contributed by atoms with E-state index in [9.17, 15) is 9.59 Å². The number of methoxy groups -OCH3 is 1. The number of nitrogens with zero attached hydrogens (tertiary/aromatic N) is 4. The molecule has 1 aliphatic heterocycles. The van der Waals surface area contributed by atoms with Gasteiger partial charge in [0.05, 0.1) is 12.5 Å². The molecule has 0 spiro atoms. The van der Waals surface area contributed by atoms with Gasteiger partial charge in [0.2, 0.25) is 11.8 Å². The lowest BCUT2D eigenvalue weighted by molar-refractivity contribution is -0.121. The normalized spacial score (nSPS) is 13.4. The number of carbonyl (C=O) groups is 2. The Balaban J connectivity index is 1.35. The van der Waals surface area contributed by atoms with Gasteiger partial charge < -0.3 is 20.3 Å². The molecule has 2 N–H and O–H groups in total. The van der Waals surface area contributed by atoms with Crippen molar-refractivity contribution in [2.24, 2.45) is 7.05 Å². The van der Waals surface area contributed by atoms with E-state index in [1.807, 2.05) is 50.1 Å². The second kappa shape index (κ2) is 10.1. The molecule has 180 valence electrons. The summed E-state index contributed by atoms with van der Waals surface area (Å²) in [5, 5.41) is 11.2. The zero-order valence-corrected chi connectivity index (χ0v) is 20.3. The van der Waals surface area contributed by atoms with E-state index in [0.717, 1.165) is 65.0 Å². The van der Waals surface area contributed by atoms with Crippen molar-refractivity contribution in [1.82, 2.24) is 25.0 Å². The first-order chi connectivity index (χ1) is 16.4. The molecule has 2 aromatic heterocycles. The summed E-state index contributed by atoms with van der Waals surface area (Å²) in [6.45, 7) is 5.99. The van der Waals surface area contributed by atoms with Crippen LogP contribution in [0.15, 0.2) is 24.3 Å². The molecule has 0 unspecified atom stereocenters. The van der Waals surface area contributed by atoms with E-state index in [0.29, 0.717) is 25.3 Å². The number of pyridine rings is 1. The minimum absolute atomic E-state index is 0.0384. The van der Waals surface area contributed by atoms with E-state index >= 15 is 0 Å². The quantitative estimate of drug-likeness (QED) is 0.558. The van der Waals surface area contributed by atoms with Crippen molar-refractivity contribution in [3.63, 3.8) is 0 Å². The molecule has 9 nitrogen and oxygen atoms in total. The van der Waals surface area contributed by atoms with Crippen molar-refractivity contribution in [2.45, 2.75) is 46.1 Å². The Labute approximate surface area is 199 Å². The Morgan fingerprint density at radius 2 is 1.94 bits per heavy atom. The lowest BCUT2D eigenvalue weighted by Gasteiger charge is -2.16. The van der Waals surface area contributed by atoms with Gasteiger partial charge in [0.25, 0.3) is 0 Å². The molecular formula is C25H32N6O3. The van der Waals surface area contributed by atoms with Gasteiger partial charge in [-0.2, -0.15) is 0 Å². The number of hydrogen-bond donors (Lipinski definition) is 2. The molecule has 9 heteroatoms. The molecule has 0 saturated carbocycles. The minimum Gasteiger partial charge on any atom is -0.479 e. The van der Waals surface area contributed by atoms with Crippen LogP contribution < -0.4 is 15.4 Å². The number of hydrogen-bond acceptors (Lipinski definition) is 5. The van der Waals surface area contributed by atoms with Crippen LogP contribution in [0.3, 0.4) is 0 Å². The molecule has 0 bridgehead atoms. The summed E-state index contributed by atoms with van der Waals surface area (Å²) < 4.78 is 7.13. The van der Waals surface area contributed by atoms with Gasteiger partial charge in [-0.3, -0.25) is 4.79 Å². The fraction of sp³-hybridized carbons (Fsp3) is 0.440. The van der Waals surface area contributed by atoms with Gasteiger partial charge >= 0.3 is 6.03 Å². The monoisotopic (exact) mass is 464 g/mol. The van der Waals surface area contributed by atoms with Crippen LogP contribution in [0.5, 0.6) is 5.88 Å². The van der Waals surface area contributed by atoms with Gasteiger partial charge in [0, 0.05) is 44.5 Å². The van der Waals surface area contributed by atoms with Crippen LogP contribution in [0.4, 0.5) is 10.5 Å². The fourth-order valence-corrected chi connectivity index (χ4v) is 4.52. The third-order valence-corrected chi connectivity index (χ3v) is 6.38. The SMILES string of the molecule is COc1nn(C)c2nc(C)c(CCC(=O)NCc3cccc(NC(=O)N4CCCC4)c3)c(C)c12. The van der Waals surface area contributed by atoms with Crippen LogP contribution in [-0.2, 0) is 24.8 Å². The molecular weight excluding hydrogens is 432 g/mol. The Bertz CT molecular complexity index is 1210. The highest BCUT2D eigenvalue weighted by molar-refractivity contribution is 5.89. The second-order valence-corrected chi connectivity index (χ2v) is 8.73. The maximum Gasteiger partial charge on any atom is 0.321 e. The molecule has 1 saturated heterocycles. The number of carbonyl (C=O) groups excluding carboxylic acids is 2. The van der Waals surface area contributed by atoms with Crippen LogP contribution in [0, 0.1) is 13.8 Å². The third-order valence-electron chi connectivity index (χ3n) is 6.38. The molecule has 3 amide bonds. The summed E-state index contributed by atoms with van der Waals surface area (Å²) in [6, 6.07) is 7.51. The van der Waals surface area contributed by atoms with Crippen LogP contribution >= 0.6 is 0 Å². The van der Waals surface area contributed by atoms with E-state index in [4.69, 9.17) is 4.74 Å². The highest BCUT2D eigenvalue weighted by Gasteiger charge is 2.19. The Kier molecular flexibility index (Phi) is 7.00. The van der Waals surface area contributed by atoms with E-state index in [2.05, 4.69) is 20.7 Å². The maximum absolute atomic E-state index is 12.6. The van der Waals surface area contributed by atoms with Gasteiger partial charge in [0.15, 0.2) is 5.65 Å². The molecule has 0 atom stereocenters.